The predicted octanol–water partition coefficient (Wildman–Crippen LogP) is 4.19. The summed E-state index contributed by atoms with van der Waals surface area (Å²) in [5.74, 6) is -0.804. The van der Waals surface area contributed by atoms with E-state index >= 15 is 0 Å². The van der Waals surface area contributed by atoms with Gasteiger partial charge in [-0.1, -0.05) is 26.0 Å². The minimum Gasteiger partial charge on any atom is -0.487 e. The second-order valence-electron chi connectivity index (χ2n) is 7.33. The highest BCUT2D eigenvalue weighted by Crippen LogP contribution is 2.19. The van der Waals surface area contributed by atoms with Gasteiger partial charge in [-0.2, -0.15) is 0 Å². The lowest BCUT2D eigenvalue weighted by molar-refractivity contribution is -0.118. The first kappa shape index (κ1) is 22.0. The summed E-state index contributed by atoms with van der Waals surface area (Å²) in [4.78, 5) is 29.5. The van der Waals surface area contributed by atoms with Gasteiger partial charge >= 0.3 is 0 Å². The second-order valence-corrected chi connectivity index (χ2v) is 7.33. The quantitative estimate of drug-likeness (QED) is 0.572. The fraction of sp³-hybridized carbons (Fsp3) is 0.208. The summed E-state index contributed by atoms with van der Waals surface area (Å²) < 4.78 is 18.8. The summed E-state index contributed by atoms with van der Waals surface area (Å²) in [5.41, 5.74) is 1.62. The van der Waals surface area contributed by atoms with E-state index in [-0.39, 0.29) is 17.4 Å². The molecule has 2 aromatic carbocycles. The smallest absolute Gasteiger partial charge is 0.251 e. The van der Waals surface area contributed by atoms with Crippen LogP contribution in [0.1, 0.15) is 29.9 Å². The zero-order valence-electron chi connectivity index (χ0n) is 17.3. The van der Waals surface area contributed by atoms with Crippen molar-refractivity contribution in [2.24, 2.45) is 5.92 Å². The molecule has 0 aliphatic heterocycles. The van der Waals surface area contributed by atoms with Gasteiger partial charge in [-0.25, -0.2) is 4.39 Å². The van der Waals surface area contributed by atoms with E-state index in [0.717, 1.165) is 5.69 Å². The molecule has 3 rings (SSSR count). The van der Waals surface area contributed by atoms with E-state index in [1.165, 1.54) is 24.3 Å². The Morgan fingerprint density at radius 2 is 1.81 bits per heavy atom. The van der Waals surface area contributed by atoms with Gasteiger partial charge in [-0.15, -0.1) is 0 Å². The molecule has 1 heterocycles. The summed E-state index contributed by atoms with van der Waals surface area (Å²) in [6.45, 7) is 3.98. The lowest BCUT2D eigenvalue weighted by Gasteiger charge is -2.22. The van der Waals surface area contributed by atoms with E-state index in [4.69, 9.17) is 4.74 Å². The third-order valence-corrected chi connectivity index (χ3v) is 4.56. The average molecular weight is 421 g/mol. The number of pyridine rings is 1. The van der Waals surface area contributed by atoms with Crippen molar-refractivity contribution in [3.63, 3.8) is 0 Å². The SMILES string of the molecule is CC(C)[C@@H](NC(=O)c1ccc(F)cc1)C(=O)Nc1cccc(OCc2ccccn2)c1. The number of aromatic nitrogens is 1. The molecule has 0 unspecified atom stereocenters. The van der Waals surface area contributed by atoms with Crippen molar-refractivity contribution >= 4 is 17.5 Å². The molecule has 2 N–H and O–H groups in total. The number of benzene rings is 2. The maximum Gasteiger partial charge on any atom is 0.251 e. The van der Waals surface area contributed by atoms with Crippen LogP contribution in [0.4, 0.5) is 10.1 Å². The molecule has 0 radical (unpaired) electrons. The fourth-order valence-electron chi connectivity index (χ4n) is 2.89. The summed E-state index contributed by atoms with van der Waals surface area (Å²) in [7, 11) is 0. The van der Waals surface area contributed by atoms with Gasteiger partial charge in [0.25, 0.3) is 5.91 Å². The van der Waals surface area contributed by atoms with Crippen molar-refractivity contribution < 1.29 is 18.7 Å². The van der Waals surface area contributed by atoms with Crippen molar-refractivity contribution in [3.8, 4) is 5.75 Å². The van der Waals surface area contributed by atoms with Gasteiger partial charge in [-0.05, 0) is 54.4 Å². The van der Waals surface area contributed by atoms with Gasteiger partial charge in [0.2, 0.25) is 5.91 Å². The van der Waals surface area contributed by atoms with Gasteiger partial charge in [-0.3, -0.25) is 14.6 Å². The number of rotatable bonds is 8. The maximum absolute atomic E-state index is 13.1. The standard InChI is InChI=1S/C24H24FN3O3/c1-16(2)22(28-23(29)17-9-11-18(25)12-10-17)24(30)27-19-7-5-8-21(14-19)31-15-20-6-3-4-13-26-20/h3-14,16,22H,15H2,1-2H3,(H,27,30)(H,28,29)/t22-/m1/s1. The largest absolute Gasteiger partial charge is 0.487 e. The normalized spacial score (nSPS) is 11.6. The number of anilines is 1. The molecule has 7 heteroatoms. The van der Waals surface area contributed by atoms with Crippen LogP contribution in [0.5, 0.6) is 5.75 Å². The van der Waals surface area contributed by atoms with E-state index in [1.807, 2.05) is 32.0 Å². The molecule has 0 spiro atoms. The summed E-state index contributed by atoms with van der Waals surface area (Å²) >= 11 is 0. The summed E-state index contributed by atoms with van der Waals surface area (Å²) in [6, 6.07) is 17.0. The molecule has 0 saturated heterocycles. The summed E-state index contributed by atoms with van der Waals surface area (Å²) in [5, 5.41) is 5.54. The maximum atomic E-state index is 13.1. The third kappa shape index (κ3) is 6.37. The van der Waals surface area contributed by atoms with Gasteiger partial charge in [0, 0.05) is 23.5 Å². The van der Waals surface area contributed by atoms with Crippen LogP contribution in [0.15, 0.2) is 72.9 Å². The Balaban J connectivity index is 1.63. The molecule has 31 heavy (non-hydrogen) atoms. The molecule has 160 valence electrons. The first-order chi connectivity index (χ1) is 14.9. The van der Waals surface area contributed by atoms with Gasteiger partial charge in [0.1, 0.15) is 24.2 Å². The molecule has 1 atom stereocenters. The molecule has 6 nitrogen and oxygen atoms in total. The Hall–Kier alpha value is -3.74. The van der Waals surface area contributed by atoms with E-state index in [0.29, 0.717) is 18.0 Å². The molecule has 1 aromatic heterocycles. The van der Waals surface area contributed by atoms with Crippen LogP contribution in [0.2, 0.25) is 0 Å². The van der Waals surface area contributed by atoms with E-state index in [1.54, 1.807) is 30.5 Å². The Bertz CT molecular complexity index is 1020. The first-order valence-electron chi connectivity index (χ1n) is 9.92. The molecular formula is C24H24FN3O3. The number of carbonyl (C=O) groups excluding carboxylic acids is 2. The number of nitrogens with zero attached hydrogens (tertiary/aromatic N) is 1. The van der Waals surface area contributed by atoms with Crippen LogP contribution in [0, 0.1) is 11.7 Å². The Morgan fingerprint density at radius 3 is 2.48 bits per heavy atom. The van der Waals surface area contributed by atoms with Crippen molar-refractivity contribution in [2.75, 3.05) is 5.32 Å². The molecule has 0 saturated carbocycles. The number of ether oxygens (including phenoxy) is 1. The Kier molecular flexibility index (Phi) is 7.32. The summed E-state index contributed by atoms with van der Waals surface area (Å²) in [6.07, 6.45) is 1.70. The zero-order valence-corrected chi connectivity index (χ0v) is 17.3. The fourth-order valence-corrected chi connectivity index (χ4v) is 2.89. The highest BCUT2D eigenvalue weighted by molar-refractivity contribution is 6.01. The second kappa shape index (κ2) is 10.3. The van der Waals surface area contributed by atoms with E-state index in [2.05, 4.69) is 15.6 Å². The highest BCUT2D eigenvalue weighted by atomic mass is 19.1. The first-order valence-corrected chi connectivity index (χ1v) is 9.92. The van der Waals surface area contributed by atoms with Crippen LogP contribution in [0.25, 0.3) is 0 Å². The van der Waals surface area contributed by atoms with Crippen LogP contribution in [-0.4, -0.2) is 22.8 Å². The van der Waals surface area contributed by atoms with Gasteiger partial charge in [0.05, 0.1) is 5.69 Å². The molecule has 2 amide bonds. The van der Waals surface area contributed by atoms with Crippen LogP contribution >= 0.6 is 0 Å². The number of hydrogen-bond acceptors (Lipinski definition) is 4. The predicted molar refractivity (Wildman–Crippen MR) is 116 cm³/mol. The molecular weight excluding hydrogens is 397 g/mol. The highest BCUT2D eigenvalue weighted by Gasteiger charge is 2.25. The topological polar surface area (TPSA) is 80.3 Å². The zero-order chi connectivity index (χ0) is 22.2. The molecule has 0 aliphatic rings. The van der Waals surface area contributed by atoms with Crippen molar-refractivity contribution in [1.29, 1.82) is 0 Å². The van der Waals surface area contributed by atoms with Gasteiger partial charge < -0.3 is 15.4 Å². The molecule has 3 aromatic rings. The minimum atomic E-state index is -0.768. The lowest BCUT2D eigenvalue weighted by Crippen LogP contribution is -2.47. The third-order valence-electron chi connectivity index (χ3n) is 4.56. The van der Waals surface area contributed by atoms with Crippen molar-refractivity contribution in [2.45, 2.75) is 26.5 Å². The Labute approximate surface area is 180 Å². The Morgan fingerprint density at radius 1 is 1.03 bits per heavy atom. The van der Waals surface area contributed by atoms with Crippen molar-refractivity contribution in [1.82, 2.24) is 10.3 Å². The molecule has 0 aliphatic carbocycles. The lowest BCUT2D eigenvalue weighted by atomic mass is 10.0. The van der Waals surface area contributed by atoms with Crippen LogP contribution in [0.3, 0.4) is 0 Å². The number of halogens is 1. The number of hydrogen-bond donors (Lipinski definition) is 2. The number of amides is 2. The molecule has 0 fully saturated rings. The van der Waals surface area contributed by atoms with Crippen molar-refractivity contribution in [3.05, 3.63) is 90.0 Å². The monoisotopic (exact) mass is 421 g/mol. The van der Waals surface area contributed by atoms with E-state index < -0.39 is 17.8 Å². The van der Waals surface area contributed by atoms with E-state index in [9.17, 15) is 14.0 Å². The molecule has 0 bridgehead atoms. The minimum absolute atomic E-state index is 0.159. The number of carbonyl (C=O) groups is 2. The van der Waals surface area contributed by atoms with Crippen LogP contribution < -0.4 is 15.4 Å². The average Bonchev–Trinajstić information content (AvgIpc) is 2.77. The number of nitrogens with one attached hydrogen (secondary N) is 2. The van der Waals surface area contributed by atoms with Crippen LogP contribution in [-0.2, 0) is 11.4 Å². The van der Waals surface area contributed by atoms with Gasteiger partial charge in [0.15, 0.2) is 0 Å².